The molecule has 0 aliphatic rings. The molecule has 2 aromatic rings. The molecule has 1 N–H and O–H groups in total. The topological polar surface area (TPSA) is 102 Å². The second-order valence-electron chi connectivity index (χ2n) is 4.89. The number of hydrogen-bond acceptors (Lipinski definition) is 7. The fraction of sp³-hybridized carbons (Fsp3) is 0.308. The Bertz CT molecular complexity index is 814. The summed E-state index contributed by atoms with van der Waals surface area (Å²) in [5.74, 6) is 0. The molecule has 0 fully saturated rings. The molecule has 1 atom stereocenters. The van der Waals surface area contributed by atoms with E-state index >= 15 is 0 Å². The molecule has 0 bridgehead atoms. The van der Waals surface area contributed by atoms with Crippen molar-refractivity contribution in [2.45, 2.75) is 24.8 Å². The lowest BCUT2D eigenvalue weighted by molar-refractivity contribution is -0.387. The summed E-state index contributed by atoms with van der Waals surface area (Å²) < 4.78 is 23.5. The summed E-state index contributed by atoms with van der Waals surface area (Å²) in [6.45, 7) is 3.83. The van der Waals surface area contributed by atoms with E-state index in [1.165, 1.54) is 29.5 Å². The lowest BCUT2D eigenvalue weighted by Gasteiger charge is -2.13. The maximum absolute atomic E-state index is 11.7. The fourth-order valence-corrected chi connectivity index (χ4v) is 3.58. The average molecular weight is 341 g/mol. The van der Waals surface area contributed by atoms with Gasteiger partial charge in [0.05, 0.1) is 11.0 Å². The first-order valence-corrected chi connectivity index (χ1v) is 9.06. The van der Waals surface area contributed by atoms with Gasteiger partial charge in [0.1, 0.15) is 9.90 Å². The van der Waals surface area contributed by atoms with Gasteiger partial charge in [0.15, 0.2) is 9.84 Å². The number of thiazole rings is 1. The molecule has 0 saturated heterocycles. The number of rotatable bonds is 5. The molecule has 1 aromatic carbocycles. The summed E-state index contributed by atoms with van der Waals surface area (Å²) in [5, 5.41) is 14.9. The van der Waals surface area contributed by atoms with Crippen LogP contribution in [0.3, 0.4) is 0 Å². The third-order valence-corrected chi connectivity index (χ3v) is 5.17. The van der Waals surface area contributed by atoms with Gasteiger partial charge >= 0.3 is 0 Å². The van der Waals surface area contributed by atoms with Gasteiger partial charge in [-0.3, -0.25) is 10.1 Å². The summed E-state index contributed by atoms with van der Waals surface area (Å²) in [6.07, 6.45) is 2.71. The minimum Gasteiger partial charge on any atom is -0.376 e. The molecular formula is C13H15N3O4S2. The molecule has 2 rings (SSSR count). The third-order valence-electron chi connectivity index (χ3n) is 2.95. The zero-order valence-electron chi connectivity index (χ0n) is 12.2. The summed E-state index contributed by atoms with van der Waals surface area (Å²) in [5.41, 5.74) is 0.0668. The van der Waals surface area contributed by atoms with Crippen molar-refractivity contribution in [1.29, 1.82) is 0 Å². The van der Waals surface area contributed by atoms with E-state index in [0.717, 1.165) is 16.1 Å². The number of nitro benzene ring substituents is 1. The van der Waals surface area contributed by atoms with Crippen LogP contribution in [0.25, 0.3) is 0 Å². The van der Waals surface area contributed by atoms with Gasteiger partial charge in [-0.1, -0.05) is 0 Å². The molecule has 0 aliphatic carbocycles. The van der Waals surface area contributed by atoms with Crippen LogP contribution >= 0.6 is 11.3 Å². The van der Waals surface area contributed by atoms with Crippen molar-refractivity contribution in [3.05, 3.63) is 44.4 Å². The van der Waals surface area contributed by atoms with Gasteiger partial charge in [-0.25, -0.2) is 13.4 Å². The Kier molecular flexibility index (Phi) is 4.47. The Morgan fingerprint density at radius 2 is 2.09 bits per heavy atom. The molecule has 0 spiro atoms. The van der Waals surface area contributed by atoms with Crippen molar-refractivity contribution < 1.29 is 13.3 Å². The second kappa shape index (κ2) is 6.01. The maximum atomic E-state index is 11.7. The highest BCUT2D eigenvalue weighted by molar-refractivity contribution is 7.90. The van der Waals surface area contributed by atoms with Crippen LogP contribution in [0.4, 0.5) is 11.4 Å². The number of nitrogens with one attached hydrogen (secondary N) is 1. The van der Waals surface area contributed by atoms with Gasteiger partial charge in [0.25, 0.3) is 5.69 Å². The minimum absolute atomic E-state index is 0.132. The van der Waals surface area contributed by atoms with Crippen LogP contribution in [0.1, 0.15) is 22.9 Å². The third kappa shape index (κ3) is 3.60. The fourth-order valence-electron chi connectivity index (χ4n) is 1.94. The molecule has 1 unspecified atom stereocenters. The number of hydrogen-bond donors (Lipinski definition) is 1. The maximum Gasteiger partial charge on any atom is 0.288 e. The standard InChI is InChI=1S/C13H15N3O4S2/c1-8-7-14-13(21-8)9(2)15-10-4-5-11(16(17)18)12(6-10)22(3,19)20/h4-7,9,15H,1-3H3. The van der Waals surface area contributed by atoms with Crippen LogP contribution in [0.15, 0.2) is 29.3 Å². The molecular weight excluding hydrogens is 326 g/mol. The molecule has 1 aromatic heterocycles. The minimum atomic E-state index is -3.69. The van der Waals surface area contributed by atoms with Crippen LogP contribution < -0.4 is 5.32 Å². The Balaban J connectivity index is 2.35. The molecule has 0 radical (unpaired) electrons. The van der Waals surface area contributed by atoms with Crippen molar-refractivity contribution in [2.24, 2.45) is 0 Å². The van der Waals surface area contributed by atoms with Gasteiger partial charge in [0, 0.05) is 29.1 Å². The number of sulfone groups is 1. The summed E-state index contributed by atoms with van der Waals surface area (Å²) in [4.78, 5) is 15.3. The lowest BCUT2D eigenvalue weighted by Crippen LogP contribution is -2.08. The van der Waals surface area contributed by atoms with Crippen LogP contribution in [-0.2, 0) is 9.84 Å². The summed E-state index contributed by atoms with van der Waals surface area (Å²) in [6, 6.07) is 3.83. The van der Waals surface area contributed by atoms with Crippen LogP contribution in [-0.4, -0.2) is 24.6 Å². The van der Waals surface area contributed by atoms with E-state index in [2.05, 4.69) is 10.3 Å². The van der Waals surface area contributed by atoms with E-state index < -0.39 is 20.4 Å². The molecule has 9 heteroatoms. The van der Waals surface area contributed by atoms with E-state index in [-0.39, 0.29) is 10.9 Å². The van der Waals surface area contributed by atoms with Gasteiger partial charge in [0.2, 0.25) is 0 Å². The van der Waals surface area contributed by atoms with Gasteiger partial charge in [-0.15, -0.1) is 11.3 Å². The van der Waals surface area contributed by atoms with Crippen molar-refractivity contribution in [1.82, 2.24) is 4.98 Å². The van der Waals surface area contributed by atoms with E-state index in [1.54, 1.807) is 6.20 Å². The highest BCUT2D eigenvalue weighted by atomic mass is 32.2. The Hall–Kier alpha value is -2.00. The van der Waals surface area contributed by atoms with E-state index in [9.17, 15) is 18.5 Å². The number of anilines is 1. The number of nitrogens with zero attached hydrogens (tertiary/aromatic N) is 2. The quantitative estimate of drug-likeness (QED) is 0.662. The second-order valence-corrected chi connectivity index (χ2v) is 8.14. The summed E-state index contributed by atoms with van der Waals surface area (Å²) in [7, 11) is -3.69. The van der Waals surface area contributed by atoms with Crippen molar-refractivity contribution >= 4 is 32.5 Å². The Labute approximate surface area is 132 Å². The predicted molar refractivity (Wildman–Crippen MR) is 85.1 cm³/mol. The first kappa shape index (κ1) is 16.4. The lowest BCUT2D eigenvalue weighted by atomic mass is 10.2. The van der Waals surface area contributed by atoms with Crippen LogP contribution in [0.2, 0.25) is 0 Å². The molecule has 22 heavy (non-hydrogen) atoms. The molecule has 1 heterocycles. The monoisotopic (exact) mass is 341 g/mol. The first-order valence-electron chi connectivity index (χ1n) is 6.36. The van der Waals surface area contributed by atoms with Gasteiger partial charge < -0.3 is 5.32 Å². The molecule has 0 amide bonds. The first-order chi connectivity index (χ1) is 10.2. The zero-order chi connectivity index (χ0) is 16.5. The number of aromatic nitrogens is 1. The SMILES string of the molecule is Cc1cnc(C(C)Nc2ccc([N+](=O)[O-])c(S(C)(=O)=O)c2)s1. The molecule has 7 nitrogen and oxygen atoms in total. The van der Waals surface area contributed by atoms with Crippen molar-refractivity contribution in [2.75, 3.05) is 11.6 Å². The largest absolute Gasteiger partial charge is 0.376 e. The van der Waals surface area contributed by atoms with Crippen LogP contribution in [0, 0.1) is 17.0 Å². The number of benzene rings is 1. The number of aryl methyl sites for hydroxylation is 1. The highest BCUT2D eigenvalue weighted by Crippen LogP contribution is 2.29. The van der Waals surface area contributed by atoms with E-state index in [0.29, 0.717) is 5.69 Å². The normalized spacial score (nSPS) is 12.9. The zero-order valence-corrected chi connectivity index (χ0v) is 13.9. The predicted octanol–water partition coefficient (Wildman–Crippen LogP) is 2.94. The van der Waals surface area contributed by atoms with Crippen LogP contribution in [0.5, 0.6) is 0 Å². The van der Waals surface area contributed by atoms with Gasteiger partial charge in [-0.2, -0.15) is 0 Å². The van der Waals surface area contributed by atoms with E-state index in [1.807, 2.05) is 13.8 Å². The molecule has 0 aliphatic heterocycles. The molecule has 0 saturated carbocycles. The summed E-state index contributed by atoms with van der Waals surface area (Å²) >= 11 is 1.53. The van der Waals surface area contributed by atoms with Gasteiger partial charge in [-0.05, 0) is 26.0 Å². The Morgan fingerprint density at radius 3 is 2.59 bits per heavy atom. The Morgan fingerprint density at radius 1 is 1.41 bits per heavy atom. The van der Waals surface area contributed by atoms with Crippen molar-refractivity contribution in [3.8, 4) is 0 Å². The van der Waals surface area contributed by atoms with Crippen molar-refractivity contribution in [3.63, 3.8) is 0 Å². The van der Waals surface area contributed by atoms with E-state index in [4.69, 9.17) is 0 Å². The smallest absolute Gasteiger partial charge is 0.288 e. The number of nitro groups is 1. The average Bonchev–Trinajstić information content (AvgIpc) is 2.84. The highest BCUT2D eigenvalue weighted by Gasteiger charge is 2.23. The molecule has 118 valence electrons.